The maximum atomic E-state index is 2.32. The minimum Gasteiger partial charge on any atom is -0.0616 e. The lowest BCUT2D eigenvalue weighted by Gasteiger charge is -2.14. The summed E-state index contributed by atoms with van der Waals surface area (Å²) in [7, 11) is 0. The van der Waals surface area contributed by atoms with E-state index in [2.05, 4.69) is 98.8 Å². The molecule has 4 rings (SSSR count). The highest BCUT2D eigenvalue weighted by Crippen LogP contribution is 2.35. The summed E-state index contributed by atoms with van der Waals surface area (Å²) in [6.07, 6.45) is 0. The van der Waals surface area contributed by atoms with Crippen LogP contribution in [0.15, 0.2) is 84.9 Å². The molecule has 0 amide bonds. The number of aryl methyl sites for hydroxylation is 2. The van der Waals surface area contributed by atoms with Gasteiger partial charge in [-0.3, -0.25) is 0 Å². The van der Waals surface area contributed by atoms with Crippen LogP contribution in [0.5, 0.6) is 0 Å². The molecular weight excluding hydrogens is 288 g/mol. The summed E-state index contributed by atoms with van der Waals surface area (Å²) in [4.78, 5) is 0. The molecule has 0 unspecified atom stereocenters. The standard InChI is InChI=1S/C24H20/c1-17-11-13-19(14-12-17)22-9-5-6-10-23(22)24-16-21-8-4-3-7-20(21)15-18(24)2/h3-16H,1-2H3. The molecule has 0 saturated heterocycles. The van der Waals surface area contributed by atoms with E-state index in [1.807, 2.05) is 0 Å². The Hall–Kier alpha value is -2.86. The van der Waals surface area contributed by atoms with Crippen molar-refractivity contribution < 1.29 is 0 Å². The van der Waals surface area contributed by atoms with Gasteiger partial charge in [0, 0.05) is 0 Å². The topological polar surface area (TPSA) is 0 Å². The van der Waals surface area contributed by atoms with E-state index >= 15 is 0 Å². The Bertz CT molecular complexity index is 1010. The molecule has 0 bridgehead atoms. The minimum atomic E-state index is 1.27. The Morgan fingerprint density at radius 3 is 1.79 bits per heavy atom. The first-order valence-electron chi connectivity index (χ1n) is 8.38. The van der Waals surface area contributed by atoms with Gasteiger partial charge in [0.05, 0.1) is 0 Å². The van der Waals surface area contributed by atoms with Crippen LogP contribution < -0.4 is 0 Å². The van der Waals surface area contributed by atoms with Gasteiger partial charge in [-0.25, -0.2) is 0 Å². The molecule has 4 aromatic carbocycles. The molecule has 0 aliphatic rings. The molecule has 0 heteroatoms. The fraction of sp³-hybridized carbons (Fsp3) is 0.0833. The summed E-state index contributed by atoms with van der Waals surface area (Å²) in [5.74, 6) is 0. The van der Waals surface area contributed by atoms with E-state index in [0.717, 1.165) is 0 Å². The fourth-order valence-corrected chi connectivity index (χ4v) is 3.35. The Labute approximate surface area is 143 Å². The molecule has 0 spiro atoms. The summed E-state index contributed by atoms with van der Waals surface area (Å²) in [6.45, 7) is 4.33. The molecule has 0 saturated carbocycles. The number of benzene rings is 4. The van der Waals surface area contributed by atoms with Crippen LogP contribution in [0.3, 0.4) is 0 Å². The first-order valence-corrected chi connectivity index (χ1v) is 8.38. The van der Waals surface area contributed by atoms with Crippen molar-refractivity contribution in [2.75, 3.05) is 0 Å². The van der Waals surface area contributed by atoms with Gasteiger partial charge in [0.2, 0.25) is 0 Å². The highest BCUT2D eigenvalue weighted by molar-refractivity contribution is 5.93. The average Bonchev–Trinajstić information content (AvgIpc) is 2.62. The maximum Gasteiger partial charge on any atom is -0.0103 e. The fourth-order valence-electron chi connectivity index (χ4n) is 3.35. The predicted molar refractivity (Wildman–Crippen MR) is 104 cm³/mol. The Morgan fingerprint density at radius 1 is 0.500 bits per heavy atom. The van der Waals surface area contributed by atoms with Gasteiger partial charge in [0.15, 0.2) is 0 Å². The third kappa shape index (κ3) is 2.61. The second-order valence-electron chi connectivity index (χ2n) is 6.43. The van der Waals surface area contributed by atoms with Crippen molar-refractivity contribution in [3.63, 3.8) is 0 Å². The second kappa shape index (κ2) is 5.98. The first kappa shape index (κ1) is 14.7. The van der Waals surface area contributed by atoms with Gasteiger partial charge in [-0.2, -0.15) is 0 Å². The lowest BCUT2D eigenvalue weighted by molar-refractivity contribution is 1.46. The van der Waals surface area contributed by atoms with Gasteiger partial charge in [-0.1, -0.05) is 84.4 Å². The predicted octanol–water partition coefficient (Wildman–Crippen LogP) is 6.79. The summed E-state index contributed by atoms with van der Waals surface area (Å²) < 4.78 is 0. The summed E-state index contributed by atoms with van der Waals surface area (Å²) >= 11 is 0. The third-order valence-electron chi connectivity index (χ3n) is 4.67. The lowest BCUT2D eigenvalue weighted by atomic mass is 9.90. The van der Waals surface area contributed by atoms with E-state index in [1.54, 1.807) is 0 Å². The third-order valence-corrected chi connectivity index (χ3v) is 4.67. The largest absolute Gasteiger partial charge is 0.0616 e. The number of rotatable bonds is 2. The molecule has 0 aliphatic heterocycles. The van der Waals surface area contributed by atoms with Gasteiger partial charge in [-0.05, 0) is 58.5 Å². The Kier molecular flexibility index (Phi) is 3.66. The second-order valence-corrected chi connectivity index (χ2v) is 6.43. The average molecular weight is 308 g/mol. The normalized spacial score (nSPS) is 10.9. The maximum absolute atomic E-state index is 2.32. The van der Waals surface area contributed by atoms with Crippen LogP contribution in [0, 0.1) is 13.8 Å². The molecular formula is C24H20. The van der Waals surface area contributed by atoms with Crippen molar-refractivity contribution in [2.45, 2.75) is 13.8 Å². The number of hydrogen-bond donors (Lipinski definition) is 0. The van der Waals surface area contributed by atoms with Crippen LogP contribution in [-0.4, -0.2) is 0 Å². The van der Waals surface area contributed by atoms with Crippen molar-refractivity contribution in [3.8, 4) is 22.3 Å². The molecule has 0 aromatic heterocycles. The van der Waals surface area contributed by atoms with E-state index in [9.17, 15) is 0 Å². The van der Waals surface area contributed by atoms with Gasteiger partial charge in [-0.15, -0.1) is 0 Å². The zero-order chi connectivity index (χ0) is 16.5. The zero-order valence-electron chi connectivity index (χ0n) is 14.1. The molecule has 0 aliphatic carbocycles. The van der Waals surface area contributed by atoms with E-state index < -0.39 is 0 Å². The number of hydrogen-bond acceptors (Lipinski definition) is 0. The highest BCUT2D eigenvalue weighted by atomic mass is 14.1. The molecule has 4 aromatic rings. The number of fused-ring (bicyclic) bond motifs is 1. The van der Waals surface area contributed by atoms with E-state index in [-0.39, 0.29) is 0 Å². The van der Waals surface area contributed by atoms with Crippen molar-refractivity contribution in [1.29, 1.82) is 0 Å². The molecule has 0 nitrogen and oxygen atoms in total. The SMILES string of the molecule is Cc1ccc(-c2ccccc2-c2cc3ccccc3cc2C)cc1. The van der Waals surface area contributed by atoms with Crippen LogP contribution in [0.4, 0.5) is 0 Å². The minimum absolute atomic E-state index is 1.27. The first-order chi connectivity index (χ1) is 11.7. The van der Waals surface area contributed by atoms with Crippen LogP contribution in [0.2, 0.25) is 0 Å². The summed E-state index contributed by atoms with van der Waals surface area (Å²) in [5, 5.41) is 2.59. The van der Waals surface area contributed by atoms with Crippen LogP contribution in [0.1, 0.15) is 11.1 Å². The van der Waals surface area contributed by atoms with Gasteiger partial charge < -0.3 is 0 Å². The van der Waals surface area contributed by atoms with Crippen molar-refractivity contribution in [3.05, 3.63) is 96.1 Å². The van der Waals surface area contributed by atoms with Crippen LogP contribution >= 0.6 is 0 Å². The molecule has 116 valence electrons. The van der Waals surface area contributed by atoms with Crippen molar-refractivity contribution in [2.24, 2.45) is 0 Å². The summed E-state index contributed by atoms with van der Waals surface area (Å²) in [6, 6.07) is 30.7. The Morgan fingerprint density at radius 2 is 1.08 bits per heavy atom. The van der Waals surface area contributed by atoms with Gasteiger partial charge in [0.25, 0.3) is 0 Å². The zero-order valence-corrected chi connectivity index (χ0v) is 14.1. The highest BCUT2D eigenvalue weighted by Gasteiger charge is 2.10. The van der Waals surface area contributed by atoms with E-state index in [0.29, 0.717) is 0 Å². The van der Waals surface area contributed by atoms with E-state index in [4.69, 9.17) is 0 Å². The molecule has 24 heavy (non-hydrogen) atoms. The van der Waals surface area contributed by atoms with E-state index in [1.165, 1.54) is 44.2 Å². The van der Waals surface area contributed by atoms with Crippen molar-refractivity contribution in [1.82, 2.24) is 0 Å². The molecule has 0 atom stereocenters. The smallest absolute Gasteiger partial charge is 0.0103 e. The Balaban J connectivity index is 1.94. The van der Waals surface area contributed by atoms with Crippen LogP contribution in [0.25, 0.3) is 33.0 Å². The van der Waals surface area contributed by atoms with Gasteiger partial charge in [0.1, 0.15) is 0 Å². The quantitative estimate of drug-likeness (QED) is 0.382. The molecule has 0 heterocycles. The van der Waals surface area contributed by atoms with Gasteiger partial charge >= 0.3 is 0 Å². The molecule has 0 fully saturated rings. The molecule has 0 radical (unpaired) electrons. The monoisotopic (exact) mass is 308 g/mol. The van der Waals surface area contributed by atoms with Crippen LogP contribution in [-0.2, 0) is 0 Å². The van der Waals surface area contributed by atoms with Crippen molar-refractivity contribution >= 4 is 10.8 Å². The summed E-state index contributed by atoms with van der Waals surface area (Å²) in [5.41, 5.74) is 7.76. The lowest BCUT2D eigenvalue weighted by Crippen LogP contribution is -1.89. The molecule has 0 N–H and O–H groups in total.